The van der Waals surface area contributed by atoms with Crippen molar-refractivity contribution in [3.05, 3.63) is 46.2 Å². The van der Waals surface area contributed by atoms with E-state index in [1.165, 1.54) is 11.3 Å². The first-order valence-electron chi connectivity index (χ1n) is 6.90. The second-order valence-electron chi connectivity index (χ2n) is 5.14. The van der Waals surface area contributed by atoms with Crippen LogP contribution in [0.3, 0.4) is 0 Å². The highest BCUT2D eigenvalue weighted by atomic mass is 32.1. The van der Waals surface area contributed by atoms with Crippen LogP contribution in [0.15, 0.2) is 35.7 Å². The number of hydrogen-bond acceptors (Lipinski definition) is 3. The van der Waals surface area contributed by atoms with Crippen molar-refractivity contribution in [2.24, 2.45) is 0 Å². The molecule has 1 aliphatic rings. The molecule has 108 valence electrons. The van der Waals surface area contributed by atoms with E-state index in [0.29, 0.717) is 11.3 Å². The number of anilines is 2. The summed E-state index contributed by atoms with van der Waals surface area (Å²) < 4.78 is 0. The molecular weight excluding hydrogens is 284 g/mol. The minimum absolute atomic E-state index is 0.0990. The summed E-state index contributed by atoms with van der Waals surface area (Å²) in [4.78, 5) is 26.2. The van der Waals surface area contributed by atoms with Crippen molar-refractivity contribution in [2.45, 2.75) is 19.8 Å². The molecule has 0 radical (unpaired) electrons. The monoisotopic (exact) mass is 300 g/mol. The van der Waals surface area contributed by atoms with E-state index in [4.69, 9.17) is 0 Å². The predicted octanol–water partition coefficient (Wildman–Crippen LogP) is 3.44. The Morgan fingerprint density at radius 2 is 2.05 bits per heavy atom. The molecule has 0 atom stereocenters. The fourth-order valence-corrected chi connectivity index (χ4v) is 3.18. The van der Waals surface area contributed by atoms with Gasteiger partial charge in [0.05, 0.1) is 4.88 Å². The van der Waals surface area contributed by atoms with Crippen LogP contribution in [0.1, 0.15) is 28.1 Å². The number of carbonyl (C=O) groups excluding carboxylic acids is 2. The van der Waals surface area contributed by atoms with Crippen molar-refractivity contribution >= 4 is 34.5 Å². The van der Waals surface area contributed by atoms with Crippen LogP contribution in [0, 0.1) is 6.92 Å². The lowest BCUT2D eigenvalue weighted by Crippen LogP contribution is -2.23. The molecule has 0 unspecified atom stereocenters. The molecule has 1 aromatic heterocycles. The summed E-state index contributed by atoms with van der Waals surface area (Å²) in [6.07, 6.45) is 1.53. The third-order valence-corrected chi connectivity index (χ3v) is 4.51. The molecule has 0 bridgehead atoms. The smallest absolute Gasteiger partial charge is 0.265 e. The third-order valence-electron chi connectivity index (χ3n) is 3.46. The molecule has 2 aromatic rings. The van der Waals surface area contributed by atoms with Gasteiger partial charge >= 0.3 is 0 Å². The average molecular weight is 300 g/mol. The van der Waals surface area contributed by atoms with Gasteiger partial charge in [-0.2, -0.15) is 0 Å². The summed E-state index contributed by atoms with van der Waals surface area (Å²) in [5.41, 5.74) is 2.72. The highest BCUT2D eigenvalue weighted by molar-refractivity contribution is 7.12. The van der Waals surface area contributed by atoms with Crippen LogP contribution in [0.5, 0.6) is 0 Å². The third kappa shape index (κ3) is 2.97. The van der Waals surface area contributed by atoms with Crippen molar-refractivity contribution in [2.75, 3.05) is 16.8 Å². The van der Waals surface area contributed by atoms with Crippen LogP contribution in [-0.4, -0.2) is 18.4 Å². The lowest BCUT2D eigenvalue weighted by Gasteiger charge is -2.16. The summed E-state index contributed by atoms with van der Waals surface area (Å²) in [5.74, 6) is 0.0685. The van der Waals surface area contributed by atoms with Crippen LogP contribution in [0.25, 0.3) is 0 Å². The molecule has 2 heterocycles. The van der Waals surface area contributed by atoms with E-state index in [0.717, 1.165) is 29.9 Å². The average Bonchev–Trinajstić information content (AvgIpc) is 3.08. The van der Waals surface area contributed by atoms with E-state index in [2.05, 4.69) is 5.32 Å². The number of aryl methyl sites for hydroxylation is 1. The van der Waals surface area contributed by atoms with Gasteiger partial charge < -0.3 is 10.2 Å². The summed E-state index contributed by atoms with van der Waals surface area (Å²) >= 11 is 1.44. The van der Waals surface area contributed by atoms with Crippen molar-refractivity contribution < 1.29 is 9.59 Å². The minimum atomic E-state index is -0.0990. The number of thiophene rings is 1. The number of rotatable bonds is 3. The van der Waals surface area contributed by atoms with E-state index >= 15 is 0 Å². The van der Waals surface area contributed by atoms with Gasteiger partial charge in [0.2, 0.25) is 5.91 Å². The molecule has 1 aliphatic heterocycles. The first kappa shape index (κ1) is 13.8. The number of amides is 2. The number of carbonyl (C=O) groups is 2. The highest BCUT2D eigenvalue weighted by Gasteiger charge is 2.21. The maximum atomic E-state index is 12.1. The Morgan fingerprint density at radius 1 is 1.29 bits per heavy atom. The normalized spacial score (nSPS) is 14.5. The molecule has 0 saturated carbocycles. The van der Waals surface area contributed by atoms with Gasteiger partial charge in [0.25, 0.3) is 5.91 Å². The summed E-state index contributed by atoms with van der Waals surface area (Å²) in [6.45, 7) is 2.74. The largest absolute Gasteiger partial charge is 0.321 e. The van der Waals surface area contributed by atoms with Gasteiger partial charge in [0.15, 0.2) is 0 Å². The zero-order chi connectivity index (χ0) is 14.8. The summed E-state index contributed by atoms with van der Waals surface area (Å²) in [6, 6.07) is 9.28. The molecule has 2 amide bonds. The fourth-order valence-electron chi connectivity index (χ4n) is 2.39. The van der Waals surface area contributed by atoms with Gasteiger partial charge in [-0.1, -0.05) is 0 Å². The van der Waals surface area contributed by atoms with Crippen LogP contribution in [0.2, 0.25) is 0 Å². The van der Waals surface area contributed by atoms with Gasteiger partial charge in [0.1, 0.15) is 0 Å². The first-order chi connectivity index (χ1) is 10.1. The first-order valence-corrected chi connectivity index (χ1v) is 7.78. The second-order valence-corrected chi connectivity index (χ2v) is 6.05. The van der Waals surface area contributed by atoms with E-state index < -0.39 is 0 Å². The SMILES string of the molecule is Cc1csc(C(=O)Nc2ccc(N3CCCC3=O)cc2)c1. The van der Waals surface area contributed by atoms with Gasteiger partial charge in [0, 0.05) is 24.3 Å². The van der Waals surface area contributed by atoms with E-state index in [1.807, 2.05) is 42.6 Å². The number of benzene rings is 1. The van der Waals surface area contributed by atoms with Crippen molar-refractivity contribution in [3.8, 4) is 0 Å². The fraction of sp³-hybridized carbons (Fsp3) is 0.250. The Hall–Kier alpha value is -2.14. The molecule has 1 saturated heterocycles. The van der Waals surface area contributed by atoms with Crippen molar-refractivity contribution in [1.82, 2.24) is 0 Å². The summed E-state index contributed by atoms with van der Waals surface area (Å²) in [7, 11) is 0. The van der Waals surface area contributed by atoms with Crippen LogP contribution < -0.4 is 10.2 Å². The van der Waals surface area contributed by atoms with E-state index in [9.17, 15) is 9.59 Å². The number of nitrogens with zero attached hydrogens (tertiary/aromatic N) is 1. The lowest BCUT2D eigenvalue weighted by atomic mass is 10.2. The maximum absolute atomic E-state index is 12.1. The molecule has 1 fully saturated rings. The maximum Gasteiger partial charge on any atom is 0.265 e. The van der Waals surface area contributed by atoms with Gasteiger partial charge in [-0.3, -0.25) is 9.59 Å². The second kappa shape index (κ2) is 5.69. The van der Waals surface area contributed by atoms with Crippen molar-refractivity contribution in [3.63, 3.8) is 0 Å². The molecular formula is C16H16N2O2S. The molecule has 21 heavy (non-hydrogen) atoms. The van der Waals surface area contributed by atoms with E-state index in [1.54, 1.807) is 4.90 Å². The molecule has 0 aliphatic carbocycles. The Kier molecular flexibility index (Phi) is 3.75. The van der Waals surface area contributed by atoms with Gasteiger partial charge in [-0.05, 0) is 54.6 Å². The molecule has 1 N–H and O–H groups in total. The topological polar surface area (TPSA) is 49.4 Å². The number of nitrogens with one attached hydrogen (secondary N) is 1. The number of hydrogen-bond donors (Lipinski definition) is 1. The highest BCUT2D eigenvalue weighted by Crippen LogP contribution is 2.23. The standard InChI is InChI=1S/C16H16N2O2S/c1-11-9-14(21-10-11)16(20)17-12-4-6-13(7-5-12)18-8-2-3-15(18)19/h4-7,9-10H,2-3,8H2,1H3,(H,17,20). The zero-order valence-electron chi connectivity index (χ0n) is 11.8. The Labute approximate surface area is 127 Å². The van der Waals surface area contributed by atoms with Crippen LogP contribution in [-0.2, 0) is 4.79 Å². The van der Waals surface area contributed by atoms with E-state index in [-0.39, 0.29) is 11.8 Å². The quantitative estimate of drug-likeness (QED) is 0.944. The Balaban J connectivity index is 1.69. The summed E-state index contributed by atoms with van der Waals surface area (Å²) in [5, 5.41) is 4.82. The van der Waals surface area contributed by atoms with Crippen LogP contribution in [0.4, 0.5) is 11.4 Å². The van der Waals surface area contributed by atoms with Gasteiger partial charge in [-0.15, -0.1) is 11.3 Å². The van der Waals surface area contributed by atoms with Crippen LogP contribution >= 0.6 is 11.3 Å². The molecule has 3 rings (SSSR count). The Morgan fingerprint density at radius 3 is 2.62 bits per heavy atom. The minimum Gasteiger partial charge on any atom is -0.321 e. The molecule has 4 nitrogen and oxygen atoms in total. The molecule has 1 aromatic carbocycles. The van der Waals surface area contributed by atoms with Crippen molar-refractivity contribution in [1.29, 1.82) is 0 Å². The Bertz CT molecular complexity index is 676. The van der Waals surface area contributed by atoms with Gasteiger partial charge in [-0.25, -0.2) is 0 Å². The predicted molar refractivity (Wildman–Crippen MR) is 85.0 cm³/mol. The zero-order valence-corrected chi connectivity index (χ0v) is 12.6. The lowest BCUT2D eigenvalue weighted by molar-refractivity contribution is -0.117. The molecule has 0 spiro atoms. The molecule has 5 heteroatoms.